The van der Waals surface area contributed by atoms with Crippen LogP contribution in [0.5, 0.6) is 0 Å². The first-order valence-corrected chi connectivity index (χ1v) is 4.80. The van der Waals surface area contributed by atoms with Gasteiger partial charge in [0.05, 0.1) is 12.7 Å². The number of likely N-dealkylation sites (N-methyl/N-ethyl adjacent to an activating group) is 1. The van der Waals surface area contributed by atoms with Crippen molar-refractivity contribution in [1.29, 1.82) is 0 Å². The summed E-state index contributed by atoms with van der Waals surface area (Å²) in [7, 11) is 2.81. The van der Waals surface area contributed by atoms with Crippen molar-refractivity contribution in [3.05, 3.63) is 0 Å². The fourth-order valence-corrected chi connectivity index (χ4v) is 1.08. The minimum absolute atomic E-state index is 0.108. The number of aliphatic hydroxyl groups is 1. The van der Waals surface area contributed by atoms with Crippen molar-refractivity contribution in [2.24, 2.45) is 0 Å². The summed E-state index contributed by atoms with van der Waals surface area (Å²) in [6, 6.07) is -1.65. The molecule has 16 heavy (non-hydrogen) atoms. The lowest BCUT2D eigenvalue weighted by molar-refractivity contribution is -0.140. The molecule has 0 bridgehead atoms. The molecule has 0 fully saturated rings. The van der Waals surface area contributed by atoms with Crippen LogP contribution in [0.4, 0.5) is 4.79 Å². The van der Waals surface area contributed by atoms with E-state index < -0.39 is 24.1 Å². The smallest absolute Gasteiger partial charge is 0.328 e. The Hall–Kier alpha value is -1.34. The normalized spacial score (nSPS) is 14.0. The van der Waals surface area contributed by atoms with Crippen LogP contribution in [0, 0.1) is 0 Å². The maximum Gasteiger partial charge on any atom is 0.328 e. The van der Waals surface area contributed by atoms with Crippen molar-refractivity contribution in [3.63, 3.8) is 0 Å². The van der Waals surface area contributed by atoms with Gasteiger partial charge in [0, 0.05) is 20.7 Å². The third-order valence-corrected chi connectivity index (χ3v) is 1.81. The lowest BCUT2D eigenvalue weighted by atomic mass is 10.3. The maximum absolute atomic E-state index is 11.5. The number of nitrogens with one attached hydrogen (secondary N) is 1. The molecule has 0 spiro atoms. The van der Waals surface area contributed by atoms with E-state index in [0.717, 1.165) is 0 Å². The Bertz CT molecular complexity index is 244. The molecule has 0 radical (unpaired) electrons. The van der Waals surface area contributed by atoms with Crippen LogP contribution in [-0.2, 0) is 9.53 Å². The maximum atomic E-state index is 11.5. The Morgan fingerprint density at radius 2 is 2.06 bits per heavy atom. The van der Waals surface area contributed by atoms with Gasteiger partial charge >= 0.3 is 12.0 Å². The first-order chi connectivity index (χ1) is 7.38. The van der Waals surface area contributed by atoms with Crippen LogP contribution in [0.3, 0.4) is 0 Å². The van der Waals surface area contributed by atoms with Crippen LogP contribution in [-0.4, -0.2) is 66.6 Å². The van der Waals surface area contributed by atoms with Gasteiger partial charge in [-0.2, -0.15) is 0 Å². The number of ether oxygens (including phenoxy) is 1. The highest BCUT2D eigenvalue weighted by Gasteiger charge is 2.21. The molecule has 0 saturated carbocycles. The predicted molar refractivity (Wildman–Crippen MR) is 56.1 cm³/mol. The second-order valence-corrected chi connectivity index (χ2v) is 3.53. The molecule has 0 aromatic rings. The van der Waals surface area contributed by atoms with Crippen LogP contribution >= 0.6 is 0 Å². The van der Waals surface area contributed by atoms with Gasteiger partial charge in [-0.15, -0.1) is 0 Å². The largest absolute Gasteiger partial charge is 0.480 e. The summed E-state index contributed by atoms with van der Waals surface area (Å²) < 4.78 is 4.66. The summed E-state index contributed by atoms with van der Waals surface area (Å²) in [5.41, 5.74) is 0. The quantitative estimate of drug-likeness (QED) is 0.553. The van der Waals surface area contributed by atoms with Gasteiger partial charge in [0.1, 0.15) is 0 Å². The van der Waals surface area contributed by atoms with Crippen LogP contribution in [0.2, 0.25) is 0 Å². The Morgan fingerprint density at radius 1 is 1.50 bits per heavy atom. The molecule has 0 saturated heterocycles. The number of carboxylic acid groups (broad SMARTS) is 1. The molecule has 94 valence electrons. The second-order valence-electron chi connectivity index (χ2n) is 3.53. The minimum Gasteiger partial charge on any atom is -0.480 e. The van der Waals surface area contributed by atoms with E-state index in [1.165, 1.54) is 26.0 Å². The molecular weight excluding hydrogens is 216 g/mol. The van der Waals surface area contributed by atoms with Gasteiger partial charge in [0.15, 0.2) is 6.04 Å². The number of hydrogen-bond donors (Lipinski definition) is 3. The molecule has 0 aliphatic heterocycles. The lowest BCUT2D eigenvalue weighted by Crippen LogP contribution is -2.49. The van der Waals surface area contributed by atoms with E-state index in [1.54, 1.807) is 0 Å². The van der Waals surface area contributed by atoms with Crippen molar-refractivity contribution >= 4 is 12.0 Å². The standard InChI is InChI=1S/C9H18N2O5/c1-6(12)4-11(2)9(15)10-7(5-16-3)8(13)14/h6-7,12H,4-5H2,1-3H3,(H,10,15)(H,13,14). The molecule has 3 N–H and O–H groups in total. The van der Waals surface area contributed by atoms with E-state index in [-0.39, 0.29) is 13.2 Å². The molecule has 0 aromatic carbocycles. The first-order valence-electron chi connectivity index (χ1n) is 4.80. The van der Waals surface area contributed by atoms with Crippen molar-refractivity contribution < 1.29 is 24.5 Å². The van der Waals surface area contributed by atoms with Crippen molar-refractivity contribution in [1.82, 2.24) is 10.2 Å². The molecule has 0 aliphatic carbocycles. The Labute approximate surface area is 94.0 Å². The lowest BCUT2D eigenvalue weighted by Gasteiger charge is -2.22. The number of amides is 2. The average Bonchev–Trinajstić information content (AvgIpc) is 2.15. The number of carbonyl (C=O) groups is 2. The monoisotopic (exact) mass is 234 g/mol. The Morgan fingerprint density at radius 3 is 2.44 bits per heavy atom. The molecule has 7 nitrogen and oxygen atoms in total. The zero-order chi connectivity index (χ0) is 12.7. The average molecular weight is 234 g/mol. The Kier molecular flexibility index (Phi) is 6.43. The van der Waals surface area contributed by atoms with E-state index in [9.17, 15) is 9.59 Å². The van der Waals surface area contributed by atoms with Crippen molar-refractivity contribution in [2.45, 2.75) is 19.1 Å². The number of rotatable bonds is 6. The van der Waals surface area contributed by atoms with Crippen LogP contribution in [0.15, 0.2) is 0 Å². The first kappa shape index (κ1) is 14.7. The van der Waals surface area contributed by atoms with Gasteiger partial charge in [0.25, 0.3) is 0 Å². The summed E-state index contributed by atoms with van der Waals surface area (Å²) >= 11 is 0. The molecule has 0 aromatic heterocycles. The summed E-state index contributed by atoms with van der Waals surface area (Å²) in [5, 5.41) is 20.1. The van der Waals surface area contributed by atoms with Gasteiger partial charge in [-0.1, -0.05) is 0 Å². The highest BCUT2D eigenvalue weighted by Crippen LogP contribution is 1.92. The minimum atomic E-state index is -1.17. The molecule has 7 heteroatoms. The van der Waals surface area contributed by atoms with Gasteiger partial charge in [-0.05, 0) is 6.92 Å². The van der Waals surface area contributed by atoms with Gasteiger partial charge in [-0.3, -0.25) is 0 Å². The summed E-state index contributed by atoms with van der Waals surface area (Å²) in [6.45, 7) is 1.56. The molecule has 0 rings (SSSR count). The van der Waals surface area contributed by atoms with Crippen LogP contribution < -0.4 is 5.32 Å². The number of carbonyl (C=O) groups excluding carboxylic acids is 1. The Balaban J connectivity index is 4.23. The second kappa shape index (κ2) is 7.02. The van der Waals surface area contributed by atoms with Crippen molar-refractivity contribution in [3.8, 4) is 0 Å². The number of hydrogen-bond acceptors (Lipinski definition) is 4. The predicted octanol–water partition coefficient (Wildman–Crippen LogP) is -0.892. The SMILES string of the molecule is COCC(NC(=O)N(C)CC(C)O)C(=O)O. The molecule has 2 atom stereocenters. The van der Waals surface area contributed by atoms with Gasteiger partial charge < -0.3 is 25.2 Å². The number of carboxylic acids is 1. The number of methoxy groups -OCH3 is 1. The molecule has 2 unspecified atom stereocenters. The fraction of sp³-hybridized carbons (Fsp3) is 0.778. The topological polar surface area (TPSA) is 99.1 Å². The van der Waals surface area contributed by atoms with E-state index in [1.807, 2.05) is 0 Å². The molecule has 0 heterocycles. The number of aliphatic carboxylic acids is 1. The molecule has 0 aliphatic rings. The number of urea groups is 1. The summed E-state index contributed by atoms with van der Waals surface area (Å²) in [6.07, 6.45) is -0.665. The third-order valence-electron chi connectivity index (χ3n) is 1.81. The highest BCUT2D eigenvalue weighted by atomic mass is 16.5. The van der Waals surface area contributed by atoms with Crippen LogP contribution in [0.1, 0.15) is 6.92 Å². The fourth-order valence-electron chi connectivity index (χ4n) is 1.08. The zero-order valence-corrected chi connectivity index (χ0v) is 9.64. The van der Waals surface area contributed by atoms with Gasteiger partial charge in [-0.25, -0.2) is 9.59 Å². The zero-order valence-electron chi connectivity index (χ0n) is 9.64. The summed E-state index contributed by atoms with van der Waals surface area (Å²) in [4.78, 5) is 23.4. The third kappa shape index (κ3) is 5.52. The van der Waals surface area contributed by atoms with E-state index in [2.05, 4.69) is 10.1 Å². The number of nitrogens with zero attached hydrogens (tertiary/aromatic N) is 1. The van der Waals surface area contributed by atoms with E-state index >= 15 is 0 Å². The molecule has 2 amide bonds. The van der Waals surface area contributed by atoms with E-state index in [0.29, 0.717) is 0 Å². The van der Waals surface area contributed by atoms with Crippen molar-refractivity contribution in [2.75, 3.05) is 27.3 Å². The summed E-state index contributed by atoms with van der Waals surface area (Å²) in [5.74, 6) is -1.17. The van der Waals surface area contributed by atoms with Gasteiger partial charge in [0.2, 0.25) is 0 Å². The molecular formula is C9H18N2O5. The van der Waals surface area contributed by atoms with E-state index in [4.69, 9.17) is 10.2 Å². The van der Waals surface area contributed by atoms with Crippen LogP contribution in [0.25, 0.3) is 0 Å². The highest BCUT2D eigenvalue weighted by molar-refractivity contribution is 5.82. The number of aliphatic hydroxyl groups excluding tert-OH is 1.